The number of piperazine rings is 1. The van der Waals surface area contributed by atoms with Crippen LogP contribution in [0.1, 0.15) is 20.8 Å². The highest BCUT2D eigenvalue weighted by molar-refractivity contribution is 4.87. The molecular formula is C10H22N2O. The maximum Gasteiger partial charge on any atom is 0.0670 e. The van der Waals surface area contributed by atoms with Gasteiger partial charge in [0.1, 0.15) is 0 Å². The Kier molecular flexibility index (Phi) is 3.71. The summed E-state index contributed by atoms with van der Waals surface area (Å²) in [6, 6.07) is 0. The second kappa shape index (κ2) is 4.40. The summed E-state index contributed by atoms with van der Waals surface area (Å²) >= 11 is 0. The molecule has 3 nitrogen and oxygen atoms in total. The largest absolute Gasteiger partial charge is 0.380 e. The number of nitrogens with zero attached hydrogens (tertiary/aromatic N) is 1. The molecule has 0 radical (unpaired) electrons. The van der Waals surface area contributed by atoms with Gasteiger partial charge in [0.2, 0.25) is 0 Å². The first-order valence-electron chi connectivity index (χ1n) is 5.04. The molecule has 1 rings (SSSR count). The van der Waals surface area contributed by atoms with Crippen LogP contribution in [0.3, 0.4) is 0 Å². The van der Waals surface area contributed by atoms with Gasteiger partial charge in [0.05, 0.1) is 6.10 Å². The Labute approximate surface area is 81.4 Å². The lowest BCUT2D eigenvalue weighted by Gasteiger charge is -2.39. The van der Waals surface area contributed by atoms with Crippen molar-refractivity contribution in [3.63, 3.8) is 0 Å². The number of rotatable bonds is 3. The van der Waals surface area contributed by atoms with Crippen molar-refractivity contribution in [1.29, 1.82) is 0 Å². The molecule has 0 aromatic carbocycles. The van der Waals surface area contributed by atoms with Gasteiger partial charge >= 0.3 is 0 Å². The summed E-state index contributed by atoms with van der Waals surface area (Å²) in [5, 5.41) is 3.50. The van der Waals surface area contributed by atoms with Crippen molar-refractivity contribution >= 4 is 0 Å². The molecule has 0 saturated carbocycles. The third-order valence-electron chi connectivity index (χ3n) is 2.57. The molecule has 1 heterocycles. The molecule has 0 spiro atoms. The average Bonchev–Trinajstić information content (AvgIpc) is 2.02. The van der Waals surface area contributed by atoms with Crippen LogP contribution in [0.15, 0.2) is 0 Å². The number of hydrogen-bond acceptors (Lipinski definition) is 3. The minimum Gasteiger partial charge on any atom is -0.380 e. The summed E-state index contributed by atoms with van der Waals surface area (Å²) in [6.07, 6.45) is 0.342. The SMILES string of the molecule is COC(C)CN1CCNC(C)(C)C1. The van der Waals surface area contributed by atoms with Crippen LogP contribution < -0.4 is 5.32 Å². The molecule has 3 heteroatoms. The van der Waals surface area contributed by atoms with Crippen LogP contribution in [-0.2, 0) is 4.74 Å². The van der Waals surface area contributed by atoms with Gasteiger partial charge in [-0.05, 0) is 20.8 Å². The van der Waals surface area contributed by atoms with Crippen molar-refractivity contribution < 1.29 is 4.74 Å². The molecule has 0 bridgehead atoms. The Balaban J connectivity index is 2.34. The van der Waals surface area contributed by atoms with Gasteiger partial charge in [-0.3, -0.25) is 4.90 Å². The van der Waals surface area contributed by atoms with E-state index in [9.17, 15) is 0 Å². The van der Waals surface area contributed by atoms with Gasteiger partial charge in [-0.1, -0.05) is 0 Å². The van der Waals surface area contributed by atoms with E-state index in [4.69, 9.17) is 4.74 Å². The van der Waals surface area contributed by atoms with E-state index in [-0.39, 0.29) is 5.54 Å². The monoisotopic (exact) mass is 186 g/mol. The fourth-order valence-electron chi connectivity index (χ4n) is 1.84. The number of ether oxygens (including phenoxy) is 1. The summed E-state index contributed by atoms with van der Waals surface area (Å²) in [5.41, 5.74) is 0.256. The molecule has 78 valence electrons. The van der Waals surface area contributed by atoms with Gasteiger partial charge in [0, 0.05) is 38.8 Å². The first-order valence-corrected chi connectivity index (χ1v) is 5.04. The zero-order chi connectivity index (χ0) is 9.90. The molecule has 0 aliphatic carbocycles. The minimum atomic E-state index is 0.256. The molecule has 0 amide bonds. The van der Waals surface area contributed by atoms with E-state index < -0.39 is 0 Å². The highest BCUT2D eigenvalue weighted by Crippen LogP contribution is 2.10. The van der Waals surface area contributed by atoms with Crippen LogP contribution in [0.4, 0.5) is 0 Å². The van der Waals surface area contributed by atoms with Crippen LogP contribution in [0.2, 0.25) is 0 Å². The number of nitrogens with one attached hydrogen (secondary N) is 1. The summed E-state index contributed by atoms with van der Waals surface area (Å²) < 4.78 is 5.26. The molecular weight excluding hydrogens is 164 g/mol. The van der Waals surface area contributed by atoms with Crippen LogP contribution in [-0.4, -0.2) is 49.8 Å². The number of methoxy groups -OCH3 is 1. The van der Waals surface area contributed by atoms with Crippen molar-refractivity contribution in [2.24, 2.45) is 0 Å². The molecule has 13 heavy (non-hydrogen) atoms. The van der Waals surface area contributed by atoms with Crippen LogP contribution in [0, 0.1) is 0 Å². The second-order valence-electron chi connectivity index (χ2n) is 4.59. The van der Waals surface area contributed by atoms with Crippen molar-refractivity contribution in [3.05, 3.63) is 0 Å². The van der Waals surface area contributed by atoms with Gasteiger partial charge < -0.3 is 10.1 Å². The summed E-state index contributed by atoms with van der Waals surface area (Å²) in [6.45, 7) is 11.0. The van der Waals surface area contributed by atoms with Gasteiger partial charge in [0.25, 0.3) is 0 Å². The zero-order valence-electron chi connectivity index (χ0n) is 9.26. The molecule has 1 aliphatic heterocycles. The quantitative estimate of drug-likeness (QED) is 0.702. The van der Waals surface area contributed by atoms with Crippen molar-refractivity contribution in [3.8, 4) is 0 Å². The second-order valence-corrected chi connectivity index (χ2v) is 4.59. The third-order valence-corrected chi connectivity index (χ3v) is 2.57. The highest BCUT2D eigenvalue weighted by Gasteiger charge is 2.25. The lowest BCUT2D eigenvalue weighted by atomic mass is 10.0. The maximum atomic E-state index is 5.26. The van der Waals surface area contributed by atoms with Gasteiger partial charge in [0.15, 0.2) is 0 Å². The van der Waals surface area contributed by atoms with E-state index >= 15 is 0 Å². The molecule has 1 saturated heterocycles. The van der Waals surface area contributed by atoms with Crippen molar-refractivity contribution in [1.82, 2.24) is 10.2 Å². The lowest BCUT2D eigenvalue weighted by molar-refractivity contribution is 0.0554. The smallest absolute Gasteiger partial charge is 0.0670 e. The Hall–Kier alpha value is -0.120. The summed E-state index contributed by atoms with van der Waals surface area (Å²) in [5.74, 6) is 0. The first kappa shape index (κ1) is 11.0. The van der Waals surface area contributed by atoms with Gasteiger partial charge in [-0.15, -0.1) is 0 Å². The van der Waals surface area contributed by atoms with E-state index in [2.05, 4.69) is 31.0 Å². The molecule has 0 aromatic heterocycles. The van der Waals surface area contributed by atoms with Crippen LogP contribution in [0.25, 0.3) is 0 Å². The van der Waals surface area contributed by atoms with Gasteiger partial charge in [-0.25, -0.2) is 0 Å². The van der Waals surface area contributed by atoms with E-state index in [0.29, 0.717) is 6.10 Å². The first-order chi connectivity index (χ1) is 6.03. The summed E-state index contributed by atoms with van der Waals surface area (Å²) in [7, 11) is 1.78. The molecule has 1 atom stereocenters. The number of hydrogen-bond donors (Lipinski definition) is 1. The Morgan fingerprint density at radius 3 is 2.77 bits per heavy atom. The van der Waals surface area contributed by atoms with E-state index in [0.717, 1.165) is 26.2 Å². The molecule has 1 aliphatic rings. The van der Waals surface area contributed by atoms with Crippen LogP contribution in [0.5, 0.6) is 0 Å². The van der Waals surface area contributed by atoms with E-state index in [1.165, 1.54) is 0 Å². The molecule has 1 unspecified atom stereocenters. The summed E-state index contributed by atoms with van der Waals surface area (Å²) in [4.78, 5) is 2.46. The fraction of sp³-hybridized carbons (Fsp3) is 1.00. The average molecular weight is 186 g/mol. The maximum absolute atomic E-state index is 5.26. The van der Waals surface area contributed by atoms with Crippen molar-refractivity contribution in [2.45, 2.75) is 32.4 Å². The van der Waals surface area contributed by atoms with Crippen LogP contribution >= 0.6 is 0 Å². The fourth-order valence-corrected chi connectivity index (χ4v) is 1.84. The standard InChI is InChI=1S/C10H22N2O/c1-9(13-4)7-12-6-5-11-10(2,3)8-12/h9,11H,5-8H2,1-4H3. The minimum absolute atomic E-state index is 0.256. The predicted molar refractivity (Wildman–Crippen MR) is 55.0 cm³/mol. The topological polar surface area (TPSA) is 24.5 Å². The highest BCUT2D eigenvalue weighted by atomic mass is 16.5. The lowest BCUT2D eigenvalue weighted by Crippen LogP contribution is -2.58. The Morgan fingerprint density at radius 2 is 2.23 bits per heavy atom. The van der Waals surface area contributed by atoms with E-state index in [1.807, 2.05) is 0 Å². The van der Waals surface area contributed by atoms with Crippen molar-refractivity contribution in [2.75, 3.05) is 33.3 Å². The molecule has 1 N–H and O–H groups in total. The molecule has 0 aromatic rings. The van der Waals surface area contributed by atoms with E-state index in [1.54, 1.807) is 7.11 Å². The normalized spacial score (nSPS) is 25.8. The van der Waals surface area contributed by atoms with Gasteiger partial charge in [-0.2, -0.15) is 0 Å². The Bertz CT molecular complexity index is 159. The third kappa shape index (κ3) is 3.63. The molecule has 1 fully saturated rings. The zero-order valence-corrected chi connectivity index (χ0v) is 9.26. The Morgan fingerprint density at radius 1 is 1.54 bits per heavy atom. The predicted octanol–water partition coefficient (Wildman–Crippen LogP) is 0.705.